The third kappa shape index (κ3) is 1.29. The lowest BCUT2D eigenvalue weighted by molar-refractivity contribution is 1.05. The normalized spacial score (nSPS) is 9.64. The molecule has 0 aliphatic carbocycles. The maximum absolute atomic E-state index is 8.88. The lowest BCUT2D eigenvalue weighted by atomic mass is 10.2. The average Bonchev–Trinajstić information content (AvgIpc) is 2.70. The third-order valence-corrected chi connectivity index (χ3v) is 1.84. The average molecular weight is 185 g/mol. The summed E-state index contributed by atoms with van der Waals surface area (Å²) in [4.78, 5) is 0. The summed E-state index contributed by atoms with van der Waals surface area (Å²) in [6.07, 6.45) is 3.07. The number of anilines is 1. The molecule has 2 aromatic rings. The summed E-state index contributed by atoms with van der Waals surface area (Å²) in [6, 6.07) is 7.18. The molecule has 1 aromatic heterocycles. The van der Waals surface area contributed by atoms with Gasteiger partial charge in [0, 0.05) is 5.69 Å². The molecule has 1 aromatic carbocycles. The highest BCUT2D eigenvalue weighted by molar-refractivity contribution is 5.56. The van der Waals surface area contributed by atoms with E-state index >= 15 is 0 Å². The van der Waals surface area contributed by atoms with Crippen molar-refractivity contribution < 1.29 is 0 Å². The highest BCUT2D eigenvalue weighted by Crippen LogP contribution is 2.16. The topological polar surface area (TPSA) is 80.5 Å². The van der Waals surface area contributed by atoms with Crippen LogP contribution in [0.25, 0.3) is 5.69 Å². The molecule has 2 N–H and O–H groups in total. The largest absolute Gasteiger partial charge is 0.399 e. The van der Waals surface area contributed by atoms with Gasteiger partial charge in [0.05, 0.1) is 11.3 Å². The molecule has 0 saturated carbocycles. The van der Waals surface area contributed by atoms with Gasteiger partial charge in [0.2, 0.25) is 0 Å². The lowest BCUT2D eigenvalue weighted by Crippen LogP contribution is -1.96. The molecule has 14 heavy (non-hydrogen) atoms. The summed E-state index contributed by atoms with van der Waals surface area (Å²) in [7, 11) is 0. The van der Waals surface area contributed by atoms with E-state index in [1.165, 1.54) is 12.7 Å². The van der Waals surface area contributed by atoms with Gasteiger partial charge in [0.25, 0.3) is 0 Å². The molecule has 2 rings (SSSR count). The Bertz CT molecular complexity index is 480. The highest BCUT2D eigenvalue weighted by atomic mass is 15.2. The molecule has 0 atom stereocenters. The van der Waals surface area contributed by atoms with Crippen LogP contribution in [0.5, 0.6) is 0 Å². The predicted octanol–water partition coefficient (Wildman–Crippen LogP) is 0.721. The molecule has 5 heteroatoms. The van der Waals surface area contributed by atoms with E-state index in [4.69, 9.17) is 11.0 Å². The fourth-order valence-electron chi connectivity index (χ4n) is 1.19. The zero-order chi connectivity index (χ0) is 9.97. The molecular weight excluding hydrogens is 178 g/mol. The fourth-order valence-corrected chi connectivity index (χ4v) is 1.19. The molecule has 0 fully saturated rings. The van der Waals surface area contributed by atoms with Crippen LogP contribution < -0.4 is 5.73 Å². The van der Waals surface area contributed by atoms with E-state index in [1.54, 1.807) is 22.8 Å². The van der Waals surface area contributed by atoms with Gasteiger partial charge in [-0.3, -0.25) is 4.57 Å². The number of aromatic nitrogens is 3. The number of hydrogen-bond acceptors (Lipinski definition) is 4. The minimum absolute atomic E-state index is 0.504. The van der Waals surface area contributed by atoms with Gasteiger partial charge < -0.3 is 5.73 Å². The lowest BCUT2D eigenvalue weighted by Gasteiger charge is -2.03. The van der Waals surface area contributed by atoms with Gasteiger partial charge in [-0.1, -0.05) is 0 Å². The molecule has 0 bridgehead atoms. The first-order valence-electron chi connectivity index (χ1n) is 3.96. The van der Waals surface area contributed by atoms with Gasteiger partial charge in [0.15, 0.2) is 0 Å². The molecule has 5 nitrogen and oxygen atoms in total. The van der Waals surface area contributed by atoms with E-state index in [0.29, 0.717) is 11.3 Å². The quantitative estimate of drug-likeness (QED) is 0.664. The Morgan fingerprint density at radius 3 is 2.64 bits per heavy atom. The van der Waals surface area contributed by atoms with Crippen LogP contribution in [0.2, 0.25) is 0 Å². The molecule has 0 unspecified atom stereocenters. The smallest absolute Gasteiger partial charge is 0.123 e. The molecule has 0 amide bonds. The van der Waals surface area contributed by atoms with Crippen LogP contribution in [0.1, 0.15) is 5.56 Å². The maximum Gasteiger partial charge on any atom is 0.123 e. The minimum Gasteiger partial charge on any atom is -0.399 e. The second-order valence-corrected chi connectivity index (χ2v) is 2.76. The molecule has 0 saturated heterocycles. The first kappa shape index (κ1) is 8.26. The van der Waals surface area contributed by atoms with E-state index in [1.807, 2.05) is 0 Å². The molecule has 0 aliphatic rings. The maximum atomic E-state index is 8.88. The first-order chi connectivity index (χ1) is 6.81. The van der Waals surface area contributed by atoms with Gasteiger partial charge >= 0.3 is 0 Å². The van der Waals surface area contributed by atoms with Gasteiger partial charge in [-0.2, -0.15) is 5.26 Å². The second-order valence-electron chi connectivity index (χ2n) is 2.76. The van der Waals surface area contributed by atoms with Gasteiger partial charge in [0.1, 0.15) is 18.7 Å². The number of hydrogen-bond donors (Lipinski definition) is 1. The Morgan fingerprint density at radius 2 is 2.00 bits per heavy atom. The number of rotatable bonds is 1. The van der Waals surface area contributed by atoms with Gasteiger partial charge in [-0.15, -0.1) is 10.2 Å². The number of nitrogen functional groups attached to an aromatic ring is 1. The SMILES string of the molecule is N#Cc1cc(N)ccc1-n1cnnc1. The Labute approximate surface area is 80.4 Å². The molecule has 68 valence electrons. The van der Waals surface area contributed by atoms with E-state index < -0.39 is 0 Å². The number of benzene rings is 1. The Hall–Kier alpha value is -2.35. The monoisotopic (exact) mass is 185 g/mol. The molecule has 1 heterocycles. The first-order valence-corrected chi connectivity index (χ1v) is 3.96. The van der Waals surface area contributed by atoms with Crippen molar-refractivity contribution in [3.05, 3.63) is 36.4 Å². The van der Waals surface area contributed by atoms with Crippen molar-refractivity contribution in [1.82, 2.24) is 14.8 Å². The van der Waals surface area contributed by atoms with Crippen LogP contribution >= 0.6 is 0 Å². The summed E-state index contributed by atoms with van der Waals surface area (Å²) in [5.41, 5.74) is 7.37. The summed E-state index contributed by atoms with van der Waals surface area (Å²) >= 11 is 0. The summed E-state index contributed by atoms with van der Waals surface area (Å²) < 4.78 is 1.66. The van der Waals surface area contributed by atoms with Crippen molar-refractivity contribution in [2.45, 2.75) is 0 Å². The van der Waals surface area contributed by atoms with E-state index in [-0.39, 0.29) is 0 Å². The summed E-state index contributed by atoms with van der Waals surface area (Å²) in [6.45, 7) is 0. The predicted molar refractivity (Wildman–Crippen MR) is 50.5 cm³/mol. The van der Waals surface area contributed by atoms with Crippen molar-refractivity contribution in [2.24, 2.45) is 0 Å². The van der Waals surface area contributed by atoms with Crippen molar-refractivity contribution in [3.8, 4) is 11.8 Å². The molecule has 0 radical (unpaired) electrons. The minimum atomic E-state index is 0.504. The second kappa shape index (κ2) is 3.18. The highest BCUT2D eigenvalue weighted by Gasteiger charge is 2.03. The molecule has 0 aliphatic heterocycles. The third-order valence-electron chi connectivity index (χ3n) is 1.84. The standard InChI is InChI=1S/C9H7N5/c10-4-7-3-8(11)1-2-9(7)14-5-12-13-6-14/h1-3,5-6H,11H2. The van der Waals surface area contributed by atoms with Gasteiger partial charge in [-0.25, -0.2) is 0 Å². The summed E-state index contributed by atoms with van der Waals surface area (Å²) in [5.74, 6) is 0. The summed E-state index contributed by atoms with van der Waals surface area (Å²) in [5, 5.41) is 16.2. The number of nitriles is 1. The Morgan fingerprint density at radius 1 is 1.29 bits per heavy atom. The number of nitrogens with zero attached hydrogens (tertiary/aromatic N) is 4. The van der Waals surface area contributed by atoms with Crippen LogP contribution in [0, 0.1) is 11.3 Å². The van der Waals surface area contributed by atoms with Crippen molar-refractivity contribution in [2.75, 3.05) is 5.73 Å². The van der Waals surface area contributed by atoms with Crippen LogP contribution in [0.15, 0.2) is 30.9 Å². The van der Waals surface area contributed by atoms with E-state index in [9.17, 15) is 0 Å². The Balaban J connectivity index is 2.60. The fraction of sp³-hybridized carbons (Fsp3) is 0. The van der Waals surface area contributed by atoms with Crippen molar-refractivity contribution in [1.29, 1.82) is 5.26 Å². The van der Waals surface area contributed by atoms with Crippen LogP contribution in [-0.4, -0.2) is 14.8 Å². The van der Waals surface area contributed by atoms with Crippen LogP contribution in [0.3, 0.4) is 0 Å². The zero-order valence-electron chi connectivity index (χ0n) is 7.25. The molecular formula is C9H7N5. The van der Waals surface area contributed by atoms with Gasteiger partial charge in [-0.05, 0) is 18.2 Å². The van der Waals surface area contributed by atoms with Crippen LogP contribution in [-0.2, 0) is 0 Å². The molecule has 0 spiro atoms. The van der Waals surface area contributed by atoms with Crippen molar-refractivity contribution in [3.63, 3.8) is 0 Å². The van der Waals surface area contributed by atoms with E-state index in [0.717, 1.165) is 5.69 Å². The Kier molecular flexibility index (Phi) is 1.88. The van der Waals surface area contributed by atoms with E-state index in [2.05, 4.69) is 16.3 Å². The zero-order valence-corrected chi connectivity index (χ0v) is 7.25. The number of nitrogens with two attached hydrogens (primary N) is 1. The van der Waals surface area contributed by atoms with Crippen LogP contribution in [0.4, 0.5) is 5.69 Å². The van der Waals surface area contributed by atoms with Crippen molar-refractivity contribution >= 4 is 5.69 Å².